The number of aromatic nitrogens is 3. The van der Waals surface area contributed by atoms with Gasteiger partial charge in [0.15, 0.2) is 5.82 Å². The summed E-state index contributed by atoms with van der Waals surface area (Å²) in [5.41, 5.74) is 6.52. The van der Waals surface area contributed by atoms with Crippen LogP contribution in [0.1, 0.15) is 19.8 Å². The number of pyridine rings is 1. The van der Waals surface area contributed by atoms with Crippen molar-refractivity contribution in [2.24, 2.45) is 0 Å². The summed E-state index contributed by atoms with van der Waals surface area (Å²) >= 11 is 0. The smallest absolute Gasteiger partial charge is 0.182 e. The Morgan fingerprint density at radius 2 is 1.67 bits per heavy atom. The average molecular weight is 368 g/mol. The van der Waals surface area contributed by atoms with Crippen LogP contribution in [-0.2, 0) is 0 Å². The van der Waals surface area contributed by atoms with Crippen LogP contribution in [-0.4, -0.2) is 20.5 Å². The highest BCUT2D eigenvalue weighted by Gasteiger charge is 2.37. The molecule has 0 atom stereocenters. The molecule has 3 aromatic rings. The molecule has 1 aliphatic rings. The molecule has 1 aliphatic carbocycles. The van der Waals surface area contributed by atoms with E-state index < -0.39 is 11.6 Å². The van der Waals surface area contributed by atoms with Gasteiger partial charge in [0.05, 0.1) is 0 Å². The third kappa shape index (κ3) is 4.11. The van der Waals surface area contributed by atoms with Crippen molar-refractivity contribution >= 4 is 23.1 Å². The van der Waals surface area contributed by atoms with Crippen LogP contribution in [0, 0.1) is 11.6 Å². The van der Waals surface area contributed by atoms with E-state index in [9.17, 15) is 8.78 Å². The Morgan fingerprint density at radius 3 is 2.33 bits per heavy atom. The molecule has 0 spiro atoms. The highest BCUT2D eigenvalue weighted by Crippen LogP contribution is 2.38. The third-order valence-electron chi connectivity index (χ3n) is 4.29. The van der Waals surface area contributed by atoms with Crippen LogP contribution < -0.4 is 16.4 Å². The Bertz CT molecular complexity index is 983. The average Bonchev–Trinajstić information content (AvgIpc) is 3.30. The number of halogens is 2. The van der Waals surface area contributed by atoms with Gasteiger partial charge in [-0.2, -0.15) is 0 Å². The van der Waals surface area contributed by atoms with Crippen LogP contribution in [0.4, 0.5) is 31.9 Å². The lowest BCUT2D eigenvalue weighted by Gasteiger charge is -2.15. The molecular weight excluding hydrogens is 350 g/mol. The molecule has 1 saturated carbocycles. The summed E-state index contributed by atoms with van der Waals surface area (Å²) in [4.78, 5) is 13.2. The van der Waals surface area contributed by atoms with Gasteiger partial charge in [0.25, 0.3) is 0 Å². The molecule has 138 valence electrons. The predicted octanol–water partition coefficient (Wildman–Crippen LogP) is 4.11. The van der Waals surface area contributed by atoms with Crippen LogP contribution >= 0.6 is 0 Å². The first-order valence-electron chi connectivity index (χ1n) is 8.52. The molecule has 1 aromatic carbocycles. The molecule has 4 rings (SSSR count). The van der Waals surface area contributed by atoms with E-state index in [4.69, 9.17) is 5.73 Å². The van der Waals surface area contributed by atoms with E-state index in [1.807, 2.05) is 0 Å². The summed E-state index contributed by atoms with van der Waals surface area (Å²) < 4.78 is 27.0. The highest BCUT2D eigenvalue weighted by atomic mass is 19.1. The van der Waals surface area contributed by atoms with Crippen molar-refractivity contribution in [3.8, 4) is 11.5 Å². The van der Waals surface area contributed by atoms with Gasteiger partial charge in [0.2, 0.25) is 0 Å². The number of nitrogen functional groups attached to an aromatic ring is 1. The standard InChI is InChI=1S/C19H18F2N6/c1-19(5-6-19)27-17-10-16(23-13-8-11(20)7-12(21)9-13)25-18(26-17)14-3-2-4-15(22)24-14/h2-4,7-10H,5-6H2,1H3,(H2,22,24)(H2,23,25,26,27). The number of nitrogens with zero attached hydrogens (tertiary/aromatic N) is 3. The van der Waals surface area contributed by atoms with E-state index in [-0.39, 0.29) is 11.2 Å². The van der Waals surface area contributed by atoms with Crippen LogP contribution in [0.3, 0.4) is 0 Å². The first-order chi connectivity index (χ1) is 12.9. The van der Waals surface area contributed by atoms with Gasteiger partial charge in [0, 0.05) is 23.4 Å². The molecule has 0 unspecified atom stereocenters. The fourth-order valence-electron chi connectivity index (χ4n) is 2.66. The Morgan fingerprint density at radius 1 is 0.963 bits per heavy atom. The molecule has 0 amide bonds. The SMILES string of the molecule is CC1(Nc2cc(Nc3cc(F)cc(F)c3)nc(-c3cccc(N)n3)n2)CC1. The van der Waals surface area contributed by atoms with Gasteiger partial charge < -0.3 is 16.4 Å². The van der Waals surface area contributed by atoms with Gasteiger partial charge >= 0.3 is 0 Å². The second-order valence-electron chi connectivity index (χ2n) is 6.88. The van der Waals surface area contributed by atoms with Crippen molar-refractivity contribution in [2.75, 3.05) is 16.4 Å². The highest BCUT2D eigenvalue weighted by molar-refractivity contribution is 5.64. The summed E-state index contributed by atoms with van der Waals surface area (Å²) in [6.07, 6.45) is 2.08. The van der Waals surface area contributed by atoms with Gasteiger partial charge in [-0.1, -0.05) is 6.07 Å². The van der Waals surface area contributed by atoms with E-state index >= 15 is 0 Å². The Hall–Kier alpha value is -3.29. The molecule has 2 aromatic heterocycles. The Kier molecular flexibility index (Phi) is 4.10. The van der Waals surface area contributed by atoms with Crippen LogP contribution in [0.5, 0.6) is 0 Å². The first-order valence-corrected chi connectivity index (χ1v) is 8.52. The molecule has 2 heterocycles. The molecule has 27 heavy (non-hydrogen) atoms. The Balaban J connectivity index is 1.73. The van der Waals surface area contributed by atoms with E-state index in [0.29, 0.717) is 29.0 Å². The zero-order valence-corrected chi connectivity index (χ0v) is 14.6. The minimum atomic E-state index is -0.673. The third-order valence-corrected chi connectivity index (χ3v) is 4.29. The van der Waals surface area contributed by atoms with Crippen molar-refractivity contribution in [1.82, 2.24) is 15.0 Å². The summed E-state index contributed by atoms with van der Waals surface area (Å²) in [6.45, 7) is 2.10. The van der Waals surface area contributed by atoms with Crippen molar-refractivity contribution in [3.05, 3.63) is 54.1 Å². The van der Waals surface area contributed by atoms with E-state index in [0.717, 1.165) is 18.9 Å². The number of benzene rings is 1. The van der Waals surface area contributed by atoms with E-state index in [2.05, 4.69) is 32.5 Å². The van der Waals surface area contributed by atoms with Gasteiger partial charge in [-0.05, 0) is 44.0 Å². The normalized spacial score (nSPS) is 14.6. The lowest BCUT2D eigenvalue weighted by atomic mass is 10.3. The van der Waals surface area contributed by atoms with Crippen molar-refractivity contribution < 1.29 is 8.78 Å². The minimum absolute atomic E-state index is 0.00298. The lowest BCUT2D eigenvalue weighted by molar-refractivity contribution is 0.584. The maximum Gasteiger partial charge on any atom is 0.182 e. The summed E-state index contributed by atoms with van der Waals surface area (Å²) in [7, 11) is 0. The quantitative estimate of drug-likeness (QED) is 0.628. The van der Waals surface area contributed by atoms with Gasteiger partial charge in [0.1, 0.15) is 34.8 Å². The Labute approximate surface area is 154 Å². The van der Waals surface area contributed by atoms with Gasteiger partial charge in [-0.3, -0.25) is 0 Å². The van der Waals surface area contributed by atoms with Crippen molar-refractivity contribution in [3.63, 3.8) is 0 Å². The molecule has 0 saturated heterocycles. The topological polar surface area (TPSA) is 88.8 Å². The predicted molar refractivity (Wildman–Crippen MR) is 101 cm³/mol. The van der Waals surface area contributed by atoms with Gasteiger partial charge in [-0.15, -0.1) is 0 Å². The fourth-order valence-corrected chi connectivity index (χ4v) is 2.66. The van der Waals surface area contributed by atoms with Crippen LogP contribution in [0.2, 0.25) is 0 Å². The zero-order chi connectivity index (χ0) is 19.0. The molecule has 4 N–H and O–H groups in total. The monoisotopic (exact) mass is 368 g/mol. The van der Waals surface area contributed by atoms with Crippen LogP contribution in [0.25, 0.3) is 11.5 Å². The number of hydrogen-bond donors (Lipinski definition) is 3. The number of nitrogens with two attached hydrogens (primary N) is 1. The maximum atomic E-state index is 13.5. The lowest BCUT2D eigenvalue weighted by Crippen LogP contribution is -2.17. The van der Waals surface area contributed by atoms with Crippen molar-refractivity contribution in [2.45, 2.75) is 25.3 Å². The second kappa shape index (κ2) is 6.46. The summed E-state index contributed by atoms with van der Waals surface area (Å²) in [5.74, 6) is 0.354. The number of anilines is 4. The molecule has 8 heteroatoms. The molecule has 6 nitrogen and oxygen atoms in total. The van der Waals surface area contributed by atoms with Gasteiger partial charge in [-0.25, -0.2) is 23.7 Å². The molecule has 0 radical (unpaired) electrons. The van der Waals surface area contributed by atoms with E-state index in [1.165, 1.54) is 12.1 Å². The van der Waals surface area contributed by atoms with Crippen molar-refractivity contribution in [1.29, 1.82) is 0 Å². The second-order valence-corrected chi connectivity index (χ2v) is 6.88. The zero-order valence-electron chi connectivity index (χ0n) is 14.6. The number of nitrogens with one attached hydrogen (secondary N) is 2. The minimum Gasteiger partial charge on any atom is -0.384 e. The fraction of sp³-hybridized carbons (Fsp3) is 0.211. The van der Waals surface area contributed by atoms with Crippen LogP contribution in [0.15, 0.2) is 42.5 Å². The molecular formula is C19H18F2N6. The number of hydrogen-bond acceptors (Lipinski definition) is 6. The molecule has 0 aliphatic heterocycles. The summed E-state index contributed by atoms with van der Waals surface area (Å²) in [6, 6.07) is 10.1. The maximum absolute atomic E-state index is 13.5. The first kappa shape index (κ1) is 17.1. The van der Waals surface area contributed by atoms with E-state index in [1.54, 1.807) is 24.3 Å². The summed E-state index contributed by atoms with van der Waals surface area (Å²) in [5, 5.41) is 6.29. The molecule has 0 bridgehead atoms. The number of rotatable bonds is 5. The largest absolute Gasteiger partial charge is 0.384 e. The molecule has 1 fully saturated rings.